The molecule has 13 heteroatoms. The number of hydrogen-bond donors (Lipinski definition) is 4. The van der Waals surface area contributed by atoms with Gasteiger partial charge in [0.2, 0.25) is 5.82 Å². The number of carbonyl (C=O) groups excluding carboxylic acids is 2. The van der Waals surface area contributed by atoms with Crippen LogP contribution in [-0.4, -0.2) is 44.6 Å². The number of aromatic amines is 1. The van der Waals surface area contributed by atoms with Crippen LogP contribution in [-0.2, 0) is 13.0 Å². The van der Waals surface area contributed by atoms with Gasteiger partial charge in [-0.15, -0.1) is 13.2 Å². The Bertz CT molecular complexity index is 1200. The van der Waals surface area contributed by atoms with Crippen LogP contribution in [0, 0.1) is 12.8 Å². The Kier molecular flexibility index (Phi) is 7.46. The lowest BCUT2D eigenvalue weighted by molar-refractivity contribution is -0.274. The zero-order valence-corrected chi connectivity index (χ0v) is 19.5. The van der Waals surface area contributed by atoms with E-state index in [0.29, 0.717) is 19.0 Å². The first-order valence-electron chi connectivity index (χ1n) is 11.4. The van der Waals surface area contributed by atoms with Crippen LogP contribution >= 0.6 is 0 Å². The van der Waals surface area contributed by atoms with Gasteiger partial charge in [0.15, 0.2) is 5.82 Å². The van der Waals surface area contributed by atoms with E-state index < -0.39 is 18.1 Å². The summed E-state index contributed by atoms with van der Waals surface area (Å²) < 4.78 is 42.4. The van der Waals surface area contributed by atoms with E-state index in [1.165, 1.54) is 12.1 Å². The maximum Gasteiger partial charge on any atom is 0.573 e. The molecule has 36 heavy (non-hydrogen) atoms. The average molecular weight is 506 g/mol. The summed E-state index contributed by atoms with van der Waals surface area (Å²) in [6, 6.07) is 4.07. The molecule has 0 bridgehead atoms. The van der Waals surface area contributed by atoms with Crippen molar-refractivity contribution in [3.05, 3.63) is 53.7 Å². The van der Waals surface area contributed by atoms with Crippen molar-refractivity contribution >= 4 is 23.4 Å². The number of nitrogens with one attached hydrogen (secondary N) is 4. The average Bonchev–Trinajstić information content (AvgIpc) is 3.39. The molecule has 4 rings (SSSR count). The quantitative estimate of drug-likeness (QED) is 0.307. The number of rotatable bonds is 10. The molecule has 0 aliphatic heterocycles. The highest BCUT2D eigenvalue weighted by Crippen LogP contribution is 2.31. The summed E-state index contributed by atoms with van der Waals surface area (Å²) in [6.07, 6.45) is 2.22. The summed E-state index contributed by atoms with van der Waals surface area (Å²) in [4.78, 5) is 29.5. The highest BCUT2D eigenvalue weighted by atomic mass is 19.4. The van der Waals surface area contributed by atoms with E-state index in [2.05, 4.69) is 35.9 Å². The molecule has 1 aromatic carbocycles. The third-order valence-electron chi connectivity index (χ3n) is 5.56. The second kappa shape index (κ2) is 10.7. The summed E-state index contributed by atoms with van der Waals surface area (Å²) in [5.74, 6) is 0.111. The van der Waals surface area contributed by atoms with Crippen molar-refractivity contribution in [3.8, 4) is 5.75 Å². The molecule has 2 aromatic heterocycles. The molecule has 10 nitrogen and oxygen atoms in total. The first-order chi connectivity index (χ1) is 17.2. The predicted molar refractivity (Wildman–Crippen MR) is 125 cm³/mol. The van der Waals surface area contributed by atoms with Crippen molar-refractivity contribution < 1.29 is 27.5 Å². The van der Waals surface area contributed by atoms with Crippen molar-refractivity contribution in [2.75, 3.05) is 17.2 Å². The summed E-state index contributed by atoms with van der Waals surface area (Å²) in [6.45, 7) is 3.02. The van der Waals surface area contributed by atoms with Crippen LogP contribution in [0.25, 0.3) is 0 Å². The number of aromatic nitrogens is 4. The van der Waals surface area contributed by atoms with Crippen LogP contribution in [0.2, 0.25) is 0 Å². The summed E-state index contributed by atoms with van der Waals surface area (Å²) in [5.41, 5.74) is 2.35. The van der Waals surface area contributed by atoms with Gasteiger partial charge in [0.1, 0.15) is 5.75 Å². The Labute approximate surface area is 204 Å². The fourth-order valence-electron chi connectivity index (χ4n) is 3.58. The molecule has 192 valence electrons. The van der Waals surface area contributed by atoms with Crippen molar-refractivity contribution in [2.45, 2.75) is 45.5 Å². The SMILES string of the molecule is Cc1[nH]ncc1CCCNC(=O)c1nc(NC(=O)Nc2ccc(OC(F)(F)F)cc2)cn1CC1CC1. The standard InChI is InChI=1S/C23H26F3N7O3/c1-14-16(11-28-32-14)3-2-10-27-21(34)20-30-19(13-33(20)12-15-4-5-15)31-22(35)29-17-6-8-18(9-7-17)36-23(24,25)26/h6-9,11,13,15H,2-5,10,12H2,1H3,(H,27,34)(H,28,32)(H2,29,31,35). The van der Waals surface area contributed by atoms with Crippen LogP contribution in [0.4, 0.5) is 29.5 Å². The summed E-state index contributed by atoms with van der Waals surface area (Å²) >= 11 is 0. The van der Waals surface area contributed by atoms with Gasteiger partial charge >= 0.3 is 12.4 Å². The van der Waals surface area contributed by atoms with Gasteiger partial charge in [0.25, 0.3) is 5.91 Å². The fourth-order valence-corrected chi connectivity index (χ4v) is 3.58. The first-order valence-corrected chi connectivity index (χ1v) is 11.4. The minimum absolute atomic E-state index is 0.185. The number of halogens is 3. The molecule has 1 saturated carbocycles. The Morgan fingerprint density at radius 1 is 1.19 bits per heavy atom. The molecule has 4 N–H and O–H groups in total. The molecule has 1 fully saturated rings. The Hall–Kier alpha value is -4.03. The fraction of sp³-hybridized carbons (Fsp3) is 0.391. The van der Waals surface area contributed by atoms with Crippen LogP contribution in [0.3, 0.4) is 0 Å². The molecule has 0 unspecified atom stereocenters. The summed E-state index contributed by atoms with van der Waals surface area (Å²) in [5, 5.41) is 14.8. The Morgan fingerprint density at radius 3 is 2.58 bits per heavy atom. The minimum atomic E-state index is -4.80. The lowest BCUT2D eigenvalue weighted by Crippen LogP contribution is -2.28. The number of nitrogens with zero attached hydrogens (tertiary/aromatic N) is 3. The number of aryl methyl sites for hydroxylation is 2. The molecule has 1 aliphatic carbocycles. The molecule has 3 amide bonds. The zero-order valence-electron chi connectivity index (χ0n) is 19.5. The van der Waals surface area contributed by atoms with Crippen LogP contribution in [0.15, 0.2) is 36.7 Å². The lowest BCUT2D eigenvalue weighted by atomic mass is 10.1. The maximum atomic E-state index is 12.8. The number of amides is 3. The van der Waals surface area contributed by atoms with Crippen LogP contribution in [0.1, 0.15) is 41.1 Å². The highest BCUT2D eigenvalue weighted by molar-refractivity contribution is 5.99. The number of urea groups is 1. The molecule has 0 atom stereocenters. The molecular weight excluding hydrogens is 479 g/mol. The van der Waals surface area contributed by atoms with E-state index in [9.17, 15) is 22.8 Å². The zero-order chi connectivity index (χ0) is 25.7. The predicted octanol–water partition coefficient (Wildman–Crippen LogP) is 4.23. The highest BCUT2D eigenvalue weighted by Gasteiger charge is 2.31. The third kappa shape index (κ3) is 7.23. The van der Waals surface area contributed by atoms with Crippen LogP contribution in [0.5, 0.6) is 5.75 Å². The number of carbonyl (C=O) groups is 2. The second-order valence-corrected chi connectivity index (χ2v) is 8.58. The van der Waals surface area contributed by atoms with Crippen molar-refractivity contribution in [2.24, 2.45) is 5.92 Å². The number of imidazole rings is 1. The van der Waals surface area contributed by atoms with E-state index in [0.717, 1.165) is 49.1 Å². The summed E-state index contributed by atoms with van der Waals surface area (Å²) in [7, 11) is 0. The van der Waals surface area contributed by atoms with E-state index in [4.69, 9.17) is 0 Å². The van der Waals surface area contributed by atoms with E-state index in [1.807, 2.05) is 6.92 Å². The van der Waals surface area contributed by atoms with Crippen molar-refractivity contribution in [1.29, 1.82) is 0 Å². The van der Waals surface area contributed by atoms with Gasteiger partial charge in [-0.2, -0.15) is 5.10 Å². The lowest BCUT2D eigenvalue weighted by Gasteiger charge is -2.10. The van der Waals surface area contributed by atoms with Gasteiger partial charge in [-0.1, -0.05) is 0 Å². The Balaban J connectivity index is 1.33. The first kappa shape index (κ1) is 25.1. The number of anilines is 2. The van der Waals surface area contributed by atoms with E-state index >= 15 is 0 Å². The molecule has 2 heterocycles. The van der Waals surface area contributed by atoms with Crippen LogP contribution < -0.4 is 20.7 Å². The van der Waals surface area contributed by atoms with Crippen molar-refractivity contribution in [3.63, 3.8) is 0 Å². The van der Waals surface area contributed by atoms with E-state index in [-0.39, 0.29) is 23.2 Å². The maximum absolute atomic E-state index is 12.8. The largest absolute Gasteiger partial charge is 0.573 e. The van der Waals surface area contributed by atoms with Gasteiger partial charge in [0.05, 0.1) is 6.20 Å². The molecule has 1 aliphatic rings. The van der Waals surface area contributed by atoms with Gasteiger partial charge in [-0.05, 0) is 68.4 Å². The minimum Gasteiger partial charge on any atom is -0.406 e. The number of benzene rings is 1. The van der Waals surface area contributed by atoms with Gasteiger partial charge < -0.3 is 19.9 Å². The number of H-pyrrole nitrogens is 1. The number of alkyl halides is 3. The molecular formula is C23H26F3N7O3. The van der Waals surface area contributed by atoms with Gasteiger partial charge in [-0.3, -0.25) is 15.2 Å². The number of ether oxygens (including phenoxy) is 1. The Morgan fingerprint density at radius 2 is 1.94 bits per heavy atom. The third-order valence-corrected chi connectivity index (χ3v) is 5.56. The molecule has 0 saturated heterocycles. The molecule has 3 aromatic rings. The van der Waals surface area contributed by atoms with Gasteiger partial charge in [-0.25, -0.2) is 9.78 Å². The van der Waals surface area contributed by atoms with E-state index in [1.54, 1.807) is 17.0 Å². The smallest absolute Gasteiger partial charge is 0.406 e. The topological polar surface area (TPSA) is 126 Å². The molecule has 0 spiro atoms. The normalized spacial score (nSPS) is 13.3. The number of hydrogen-bond acceptors (Lipinski definition) is 5. The van der Waals surface area contributed by atoms with Gasteiger partial charge in [0, 0.05) is 30.7 Å². The molecule has 0 radical (unpaired) electrons. The monoisotopic (exact) mass is 505 g/mol. The second-order valence-electron chi connectivity index (χ2n) is 8.58. The van der Waals surface area contributed by atoms with Crippen molar-refractivity contribution in [1.82, 2.24) is 25.1 Å².